The minimum Gasteiger partial charge on any atom is -0.355 e. The van der Waals surface area contributed by atoms with Crippen molar-refractivity contribution in [3.63, 3.8) is 0 Å². The second-order valence-corrected chi connectivity index (χ2v) is 6.62. The third kappa shape index (κ3) is 4.55. The molecule has 0 atom stereocenters. The lowest BCUT2D eigenvalue weighted by Gasteiger charge is -2.23. The Labute approximate surface area is 167 Å². The summed E-state index contributed by atoms with van der Waals surface area (Å²) in [6.45, 7) is 0.304. The van der Waals surface area contributed by atoms with Gasteiger partial charge in [0, 0.05) is 25.6 Å². The molecule has 0 fully saturated rings. The first-order chi connectivity index (χ1) is 13.5. The molecule has 0 spiro atoms. The highest BCUT2D eigenvalue weighted by Gasteiger charge is 2.25. The second kappa shape index (κ2) is 8.67. The molecule has 0 aliphatic carbocycles. The Hall–Kier alpha value is -3.19. The molecule has 0 saturated carbocycles. The van der Waals surface area contributed by atoms with Crippen LogP contribution in [0, 0.1) is 0 Å². The minimum atomic E-state index is -0.421. The van der Waals surface area contributed by atoms with Gasteiger partial charge in [0.2, 0.25) is 5.91 Å². The lowest BCUT2D eigenvalue weighted by atomic mass is 10.1. The first kappa shape index (κ1) is 19.6. The van der Waals surface area contributed by atoms with E-state index in [4.69, 9.17) is 11.6 Å². The molecule has 28 heavy (non-hydrogen) atoms. The molecule has 0 saturated heterocycles. The van der Waals surface area contributed by atoms with Crippen molar-refractivity contribution in [1.82, 2.24) is 10.3 Å². The van der Waals surface area contributed by atoms with Crippen LogP contribution in [0.15, 0.2) is 53.6 Å². The molecule has 3 amide bonds. The van der Waals surface area contributed by atoms with Crippen LogP contribution in [0.1, 0.15) is 28.8 Å². The summed E-state index contributed by atoms with van der Waals surface area (Å²) in [5.74, 6) is -0.903. The molecular weight excluding hydrogens is 380 g/mol. The van der Waals surface area contributed by atoms with Gasteiger partial charge in [-0.2, -0.15) is 5.10 Å². The Morgan fingerprint density at radius 1 is 1.11 bits per heavy atom. The zero-order valence-electron chi connectivity index (χ0n) is 15.2. The van der Waals surface area contributed by atoms with E-state index in [0.29, 0.717) is 12.2 Å². The third-order valence-corrected chi connectivity index (χ3v) is 4.57. The van der Waals surface area contributed by atoms with Crippen LogP contribution in [0.3, 0.4) is 0 Å². The van der Waals surface area contributed by atoms with Gasteiger partial charge in [-0.3, -0.25) is 14.4 Å². The van der Waals surface area contributed by atoms with Crippen LogP contribution >= 0.6 is 11.6 Å². The molecule has 7 nitrogen and oxygen atoms in total. The molecule has 0 aromatic heterocycles. The molecule has 2 aromatic rings. The van der Waals surface area contributed by atoms with Crippen molar-refractivity contribution in [2.75, 3.05) is 12.4 Å². The van der Waals surface area contributed by atoms with E-state index in [1.807, 2.05) is 30.3 Å². The first-order valence-electron chi connectivity index (χ1n) is 8.72. The number of rotatable bonds is 5. The maximum Gasteiger partial charge on any atom is 0.271 e. The molecule has 0 radical (unpaired) electrons. The number of nitrogens with one attached hydrogen (secondary N) is 2. The quantitative estimate of drug-likeness (QED) is 0.811. The van der Waals surface area contributed by atoms with Crippen molar-refractivity contribution in [3.05, 3.63) is 64.7 Å². The Balaban J connectivity index is 1.75. The molecule has 0 unspecified atom stereocenters. The van der Waals surface area contributed by atoms with Gasteiger partial charge in [-0.25, -0.2) is 5.01 Å². The van der Waals surface area contributed by atoms with Gasteiger partial charge in [0.05, 0.1) is 17.1 Å². The fourth-order valence-electron chi connectivity index (χ4n) is 2.76. The van der Waals surface area contributed by atoms with Gasteiger partial charge in [0.25, 0.3) is 11.8 Å². The highest BCUT2D eigenvalue weighted by Crippen LogP contribution is 2.21. The smallest absolute Gasteiger partial charge is 0.271 e. The van der Waals surface area contributed by atoms with E-state index in [1.54, 1.807) is 6.07 Å². The van der Waals surface area contributed by atoms with Gasteiger partial charge in [-0.1, -0.05) is 41.9 Å². The number of benzene rings is 2. The SMILES string of the molecule is CNC(=O)c1cc(NC(=O)C2=NN(Cc3ccccc3)C(=O)CC2)ccc1Cl. The highest BCUT2D eigenvalue weighted by molar-refractivity contribution is 6.43. The van der Waals surface area contributed by atoms with E-state index < -0.39 is 5.91 Å². The number of anilines is 1. The van der Waals surface area contributed by atoms with E-state index >= 15 is 0 Å². The van der Waals surface area contributed by atoms with Crippen LogP contribution in [0.2, 0.25) is 5.02 Å². The van der Waals surface area contributed by atoms with Crippen molar-refractivity contribution >= 4 is 40.7 Å². The predicted octanol–water partition coefficient (Wildman–Crippen LogP) is 2.82. The van der Waals surface area contributed by atoms with E-state index in [1.165, 1.54) is 24.2 Å². The number of amides is 3. The number of nitrogens with zero attached hydrogens (tertiary/aromatic N) is 2. The Kier molecular flexibility index (Phi) is 6.06. The second-order valence-electron chi connectivity index (χ2n) is 6.21. The maximum atomic E-state index is 12.6. The zero-order chi connectivity index (χ0) is 20.1. The van der Waals surface area contributed by atoms with Crippen LogP contribution in [-0.4, -0.2) is 35.5 Å². The van der Waals surface area contributed by atoms with E-state index in [-0.39, 0.29) is 41.0 Å². The fourth-order valence-corrected chi connectivity index (χ4v) is 2.96. The molecule has 1 aliphatic rings. The number of hydrogen-bond acceptors (Lipinski definition) is 4. The van der Waals surface area contributed by atoms with Gasteiger partial charge in [-0.05, 0) is 23.8 Å². The van der Waals surface area contributed by atoms with Gasteiger partial charge >= 0.3 is 0 Å². The summed E-state index contributed by atoms with van der Waals surface area (Å²) < 4.78 is 0. The monoisotopic (exact) mass is 398 g/mol. The molecule has 2 N–H and O–H groups in total. The van der Waals surface area contributed by atoms with Crippen molar-refractivity contribution in [2.45, 2.75) is 19.4 Å². The van der Waals surface area contributed by atoms with Gasteiger partial charge < -0.3 is 10.6 Å². The molecule has 1 aliphatic heterocycles. The summed E-state index contributed by atoms with van der Waals surface area (Å²) in [4.78, 5) is 36.6. The molecule has 8 heteroatoms. The number of hydrazone groups is 1. The largest absolute Gasteiger partial charge is 0.355 e. The Bertz CT molecular complexity index is 944. The predicted molar refractivity (Wildman–Crippen MR) is 107 cm³/mol. The van der Waals surface area contributed by atoms with Crippen molar-refractivity contribution in [2.24, 2.45) is 5.10 Å². The fraction of sp³-hybridized carbons (Fsp3) is 0.200. The van der Waals surface area contributed by atoms with Crippen LogP contribution < -0.4 is 10.6 Å². The molecule has 1 heterocycles. The normalized spacial score (nSPS) is 13.7. The average molecular weight is 399 g/mol. The van der Waals surface area contributed by atoms with E-state index in [2.05, 4.69) is 15.7 Å². The van der Waals surface area contributed by atoms with Crippen LogP contribution in [0.25, 0.3) is 0 Å². The van der Waals surface area contributed by atoms with E-state index in [0.717, 1.165) is 5.56 Å². The Morgan fingerprint density at radius 2 is 1.86 bits per heavy atom. The molecule has 0 bridgehead atoms. The maximum absolute atomic E-state index is 12.6. The average Bonchev–Trinajstić information content (AvgIpc) is 2.71. The molecular formula is C20H19ClN4O3. The summed E-state index contributed by atoms with van der Waals surface area (Å²) >= 11 is 6.03. The van der Waals surface area contributed by atoms with Crippen molar-refractivity contribution < 1.29 is 14.4 Å². The van der Waals surface area contributed by atoms with Crippen molar-refractivity contribution in [1.29, 1.82) is 0 Å². The summed E-state index contributed by atoms with van der Waals surface area (Å²) in [5.41, 5.74) is 1.86. The lowest BCUT2D eigenvalue weighted by molar-refractivity contribution is -0.132. The molecule has 144 valence electrons. The Morgan fingerprint density at radius 3 is 2.57 bits per heavy atom. The number of carbonyl (C=O) groups is 3. The zero-order valence-corrected chi connectivity index (χ0v) is 16.0. The summed E-state index contributed by atoms with van der Waals surface area (Å²) in [6.07, 6.45) is 0.467. The van der Waals surface area contributed by atoms with Gasteiger partial charge in [0.1, 0.15) is 5.71 Å². The van der Waals surface area contributed by atoms with Crippen LogP contribution in [0.4, 0.5) is 5.69 Å². The topological polar surface area (TPSA) is 90.9 Å². The van der Waals surface area contributed by atoms with E-state index in [9.17, 15) is 14.4 Å². The lowest BCUT2D eigenvalue weighted by Crippen LogP contribution is -2.36. The van der Waals surface area contributed by atoms with Crippen LogP contribution in [-0.2, 0) is 16.1 Å². The van der Waals surface area contributed by atoms with Crippen LogP contribution in [0.5, 0.6) is 0 Å². The molecule has 3 rings (SSSR count). The summed E-state index contributed by atoms with van der Waals surface area (Å²) in [7, 11) is 1.50. The highest BCUT2D eigenvalue weighted by atomic mass is 35.5. The third-order valence-electron chi connectivity index (χ3n) is 4.24. The van der Waals surface area contributed by atoms with Gasteiger partial charge in [0.15, 0.2) is 0 Å². The standard InChI is InChI=1S/C20H19ClN4O3/c1-22-19(27)15-11-14(7-8-16(15)21)23-20(28)17-9-10-18(26)25(24-17)12-13-5-3-2-4-6-13/h2-8,11H,9-10,12H2,1H3,(H,22,27)(H,23,28). The molecule has 2 aromatic carbocycles. The van der Waals surface area contributed by atoms with Crippen molar-refractivity contribution in [3.8, 4) is 0 Å². The number of hydrogen-bond donors (Lipinski definition) is 2. The summed E-state index contributed by atoms with van der Waals surface area (Å²) in [6, 6.07) is 14.1. The number of carbonyl (C=O) groups excluding carboxylic acids is 3. The number of halogens is 1. The summed E-state index contributed by atoms with van der Waals surface area (Å²) in [5, 5.41) is 11.0. The van der Waals surface area contributed by atoms with Gasteiger partial charge in [-0.15, -0.1) is 0 Å². The first-order valence-corrected chi connectivity index (χ1v) is 9.10. The minimum absolute atomic E-state index is 0.131.